The molecule has 180 valence electrons. The molecule has 2 aromatic rings. The van der Waals surface area contributed by atoms with Gasteiger partial charge in [-0.25, -0.2) is 17.2 Å². The fourth-order valence-corrected chi connectivity index (χ4v) is 6.62. The third-order valence-electron chi connectivity index (χ3n) is 7.44. The molecule has 3 aliphatic rings. The van der Waals surface area contributed by atoms with E-state index in [1.807, 2.05) is 0 Å². The van der Waals surface area contributed by atoms with Crippen molar-refractivity contribution in [1.82, 2.24) is 4.90 Å². The van der Waals surface area contributed by atoms with Gasteiger partial charge in [-0.3, -0.25) is 9.59 Å². The van der Waals surface area contributed by atoms with Crippen LogP contribution in [0.1, 0.15) is 47.5 Å². The Morgan fingerprint density at radius 2 is 1.82 bits per heavy atom. The van der Waals surface area contributed by atoms with Crippen LogP contribution in [0.15, 0.2) is 41.3 Å². The second-order valence-corrected chi connectivity index (χ2v) is 12.0. The van der Waals surface area contributed by atoms with Gasteiger partial charge in [0.05, 0.1) is 10.4 Å². The highest BCUT2D eigenvalue weighted by Crippen LogP contribution is 2.69. The molecule has 3 fully saturated rings. The van der Waals surface area contributed by atoms with Gasteiger partial charge in [0.25, 0.3) is 5.91 Å². The fourth-order valence-electron chi connectivity index (χ4n) is 5.84. The molecule has 0 bridgehead atoms. The van der Waals surface area contributed by atoms with Crippen LogP contribution in [0.5, 0.6) is 0 Å². The first-order valence-corrected chi connectivity index (χ1v) is 13.3. The molecule has 0 radical (unpaired) electrons. The summed E-state index contributed by atoms with van der Waals surface area (Å²) in [4.78, 5) is 27.6. The molecule has 2 saturated carbocycles. The molecule has 2 aliphatic carbocycles. The Morgan fingerprint density at radius 3 is 2.38 bits per heavy atom. The van der Waals surface area contributed by atoms with Crippen LogP contribution in [0.2, 0.25) is 5.02 Å². The summed E-state index contributed by atoms with van der Waals surface area (Å²) >= 11 is 5.70. The van der Waals surface area contributed by atoms with Gasteiger partial charge in [-0.2, -0.15) is 0 Å². The summed E-state index contributed by atoms with van der Waals surface area (Å²) < 4.78 is 52.9. The van der Waals surface area contributed by atoms with Crippen LogP contribution in [0, 0.1) is 23.5 Å². The van der Waals surface area contributed by atoms with Crippen molar-refractivity contribution in [1.29, 1.82) is 0 Å². The molecule has 0 spiro atoms. The molecule has 2 N–H and O–H groups in total. The quantitative estimate of drug-likeness (QED) is 0.602. The first kappa shape index (κ1) is 23.2. The van der Waals surface area contributed by atoms with E-state index in [1.165, 1.54) is 41.3 Å². The number of nitrogens with two attached hydrogens (primary N) is 1. The monoisotopic (exact) mass is 508 g/mol. The van der Waals surface area contributed by atoms with Crippen molar-refractivity contribution in [3.63, 3.8) is 0 Å². The molecule has 2 aromatic carbocycles. The lowest BCUT2D eigenvalue weighted by Gasteiger charge is -2.39. The second-order valence-electron chi connectivity index (χ2n) is 9.63. The molecule has 34 heavy (non-hydrogen) atoms. The molecule has 4 atom stereocenters. The van der Waals surface area contributed by atoms with Gasteiger partial charge in [0.1, 0.15) is 22.7 Å². The van der Waals surface area contributed by atoms with Crippen LogP contribution >= 0.6 is 11.6 Å². The maximum absolute atomic E-state index is 14.4. The van der Waals surface area contributed by atoms with Crippen molar-refractivity contribution in [2.45, 2.75) is 48.1 Å². The van der Waals surface area contributed by atoms with Crippen molar-refractivity contribution >= 4 is 33.3 Å². The van der Waals surface area contributed by atoms with Crippen molar-refractivity contribution in [3.05, 3.63) is 64.2 Å². The van der Waals surface area contributed by atoms with Crippen LogP contribution in [0.25, 0.3) is 0 Å². The summed E-state index contributed by atoms with van der Waals surface area (Å²) in [5.41, 5.74) is 5.36. The summed E-state index contributed by atoms with van der Waals surface area (Å²) in [6.07, 6.45) is 3.63. The summed E-state index contributed by atoms with van der Waals surface area (Å²) in [5, 5.41) is -0.588. The molecule has 10 heteroatoms. The number of primary amides is 1. The SMILES string of the molecule is CS(=O)(=O)c1cccc(C(=O)N2C(C(N)=O)CC3CC32[C@@H](c2cc(F)c(Cl)c(F)c2)C2CC2)c1. The highest BCUT2D eigenvalue weighted by atomic mass is 35.5. The van der Waals surface area contributed by atoms with Crippen LogP contribution in [-0.4, -0.2) is 43.0 Å². The van der Waals surface area contributed by atoms with Crippen LogP contribution in [-0.2, 0) is 14.6 Å². The second kappa shape index (κ2) is 7.75. The molecule has 1 aliphatic heterocycles. The van der Waals surface area contributed by atoms with E-state index in [4.69, 9.17) is 17.3 Å². The largest absolute Gasteiger partial charge is 0.368 e. The van der Waals surface area contributed by atoms with Crippen molar-refractivity contribution < 1.29 is 26.8 Å². The van der Waals surface area contributed by atoms with E-state index in [9.17, 15) is 26.8 Å². The van der Waals surface area contributed by atoms with E-state index >= 15 is 0 Å². The van der Waals surface area contributed by atoms with Crippen LogP contribution in [0.3, 0.4) is 0 Å². The Bertz CT molecular complexity index is 1310. The van der Waals surface area contributed by atoms with Crippen LogP contribution < -0.4 is 5.73 Å². The van der Waals surface area contributed by atoms with Gasteiger partial charge in [0.2, 0.25) is 5.91 Å². The molecule has 1 saturated heterocycles. The van der Waals surface area contributed by atoms with Crippen molar-refractivity contribution in [3.8, 4) is 0 Å². The summed E-state index contributed by atoms with van der Waals surface area (Å²) in [7, 11) is -3.57. The van der Waals surface area contributed by atoms with Gasteiger partial charge >= 0.3 is 0 Å². The molecule has 0 aromatic heterocycles. The van der Waals surface area contributed by atoms with E-state index in [-0.39, 0.29) is 22.3 Å². The number of hydrogen-bond donors (Lipinski definition) is 1. The lowest BCUT2D eigenvalue weighted by Crippen LogP contribution is -2.53. The van der Waals surface area contributed by atoms with E-state index in [2.05, 4.69) is 0 Å². The lowest BCUT2D eigenvalue weighted by molar-refractivity contribution is -0.122. The fraction of sp³-hybridized carbons (Fsp3) is 0.417. The van der Waals surface area contributed by atoms with Crippen LogP contribution in [0.4, 0.5) is 8.78 Å². The number of rotatable bonds is 6. The first-order chi connectivity index (χ1) is 15.9. The zero-order valence-electron chi connectivity index (χ0n) is 18.3. The number of benzene rings is 2. The summed E-state index contributed by atoms with van der Waals surface area (Å²) in [6, 6.07) is 7.17. The summed E-state index contributed by atoms with van der Waals surface area (Å²) in [6.45, 7) is 0. The van der Waals surface area contributed by atoms with Gasteiger partial charge < -0.3 is 10.6 Å². The van der Waals surface area contributed by atoms with E-state index in [0.717, 1.165) is 19.1 Å². The van der Waals surface area contributed by atoms with Gasteiger partial charge in [-0.05, 0) is 73.4 Å². The minimum atomic E-state index is -3.57. The van der Waals surface area contributed by atoms with Gasteiger partial charge in [-0.1, -0.05) is 17.7 Å². The summed E-state index contributed by atoms with van der Waals surface area (Å²) in [5.74, 6) is -3.30. The number of sulfone groups is 1. The number of fused-ring (bicyclic) bond motifs is 1. The van der Waals surface area contributed by atoms with Crippen molar-refractivity contribution in [2.24, 2.45) is 17.6 Å². The minimum absolute atomic E-state index is 0.0184. The average molecular weight is 509 g/mol. The smallest absolute Gasteiger partial charge is 0.255 e. The Balaban J connectivity index is 1.62. The zero-order chi connectivity index (χ0) is 24.6. The van der Waals surface area contributed by atoms with Gasteiger partial charge in [0.15, 0.2) is 9.84 Å². The topological polar surface area (TPSA) is 97.5 Å². The number of carbonyl (C=O) groups excluding carboxylic acids is 2. The average Bonchev–Trinajstić information content (AvgIpc) is 3.69. The Labute approximate surface area is 201 Å². The van der Waals surface area contributed by atoms with Gasteiger partial charge in [0, 0.05) is 17.7 Å². The molecule has 6 nitrogen and oxygen atoms in total. The molecular weight excluding hydrogens is 486 g/mol. The number of carbonyl (C=O) groups is 2. The highest BCUT2D eigenvalue weighted by molar-refractivity contribution is 7.90. The Hall–Kier alpha value is -2.52. The number of nitrogens with zero attached hydrogens (tertiary/aromatic N) is 1. The maximum Gasteiger partial charge on any atom is 0.255 e. The molecule has 3 unspecified atom stereocenters. The van der Waals surface area contributed by atoms with Gasteiger partial charge in [-0.15, -0.1) is 0 Å². The number of amides is 2. The Kier molecular flexibility index (Phi) is 5.29. The van der Waals surface area contributed by atoms with E-state index in [1.54, 1.807) is 0 Å². The number of halogens is 3. The highest BCUT2D eigenvalue weighted by Gasteiger charge is 2.72. The predicted octanol–water partition coefficient (Wildman–Crippen LogP) is 3.67. The van der Waals surface area contributed by atoms with E-state index < -0.39 is 55.8 Å². The third-order valence-corrected chi connectivity index (χ3v) is 8.91. The molecular formula is C24H23ClF2N2O4S. The minimum Gasteiger partial charge on any atom is -0.368 e. The van der Waals surface area contributed by atoms with E-state index in [0.29, 0.717) is 18.4 Å². The molecule has 1 heterocycles. The number of likely N-dealkylation sites (tertiary alicyclic amines) is 1. The Morgan fingerprint density at radius 1 is 1.18 bits per heavy atom. The zero-order valence-corrected chi connectivity index (χ0v) is 19.9. The third kappa shape index (κ3) is 3.60. The van der Waals surface area contributed by atoms with Crippen molar-refractivity contribution in [2.75, 3.05) is 6.26 Å². The first-order valence-electron chi connectivity index (χ1n) is 11.0. The molecule has 5 rings (SSSR count). The maximum atomic E-state index is 14.4. The lowest BCUT2D eigenvalue weighted by atomic mass is 9.83. The number of piperidine rings is 1. The molecule has 2 amide bonds. The normalized spacial score (nSPS) is 26.8. The number of hydrogen-bond acceptors (Lipinski definition) is 4. The predicted molar refractivity (Wildman–Crippen MR) is 121 cm³/mol. The standard InChI is InChI=1S/C24H23ClF2N2O4S/c1-34(32,33)16-4-2-3-13(7-16)23(31)29-19(22(28)30)10-15-11-24(15,29)20(12-5-6-12)14-8-17(26)21(25)18(27)9-14/h2-4,7-9,12,15,19-20H,5-6,10-11H2,1H3,(H2,28,30)/t15?,19?,20-,24?/m1/s1.